The Labute approximate surface area is 181 Å². The number of hydrogen-bond donors (Lipinski definition) is 0. The Balaban J connectivity index is 1.53. The third-order valence-electron chi connectivity index (χ3n) is 5.43. The molecule has 4 rings (SSSR count). The van der Waals surface area contributed by atoms with Crippen LogP contribution in [0.15, 0.2) is 66.1 Å². The number of amides is 1. The molecule has 0 N–H and O–H groups in total. The fraction of sp³-hybridized carbons (Fsp3) is 0.348. The highest BCUT2D eigenvalue weighted by Gasteiger charge is 2.27. The quantitative estimate of drug-likeness (QED) is 0.515. The lowest BCUT2D eigenvalue weighted by Gasteiger charge is -2.34. The summed E-state index contributed by atoms with van der Waals surface area (Å²) < 4.78 is 7.33. The first kappa shape index (κ1) is 20.5. The fourth-order valence-electron chi connectivity index (χ4n) is 4.00. The molecule has 0 spiro atoms. The molecule has 6 nitrogen and oxygen atoms in total. The number of anilines is 1. The average Bonchev–Trinajstić information content (AvgIpc) is 3.28. The summed E-state index contributed by atoms with van der Waals surface area (Å²) in [6.07, 6.45) is 7.38. The molecule has 156 valence electrons. The van der Waals surface area contributed by atoms with Gasteiger partial charge < -0.3 is 9.64 Å². The van der Waals surface area contributed by atoms with E-state index in [-0.39, 0.29) is 11.9 Å². The van der Waals surface area contributed by atoms with Crippen molar-refractivity contribution in [1.29, 1.82) is 0 Å². The van der Waals surface area contributed by atoms with Crippen LogP contribution in [0.1, 0.15) is 32.1 Å². The van der Waals surface area contributed by atoms with Crippen molar-refractivity contribution in [1.82, 2.24) is 14.8 Å². The van der Waals surface area contributed by atoms with E-state index >= 15 is 0 Å². The predicted octanol–water partition coefficient (Wildman–Crippen LogP) is 4.73. The SMILES string of the molecule is COc1ccccc1-n1cnnc1SCC(=O)N(c1ccccc1)C1CCCCC1. The number of methoxy groups -OCH3 is 1. The topological polar surface area (TPSA) is 60.2 Å². The van der Waals surface area contributed by atoms with Crippen molar-refractivity contribution in [2.75, 3.05) is 17.8 Å². The minimum absolute atomic E-state index is 0.104. The molecule has 7 heteroatoms. The molecule has 2 aromatic carbocycles. The van der Waals surface area contributed by atoms with Crippen LogP contribution in [0.2, 0.25) is 0 Å². The molecule has 0 aliphatic heterocycles. The van der Waals surface area contributed by atoms with Gasteiger partial charge in [-0.05, 0) is 37.1 Å². The number of carbonyl (C=O) groups excluding carboxylic acids is 1. The standard InChI is InChI=1S/C23H26N4O2S/c1-29-21-15-9-8-14-20(21)26-17-24-25-23(26)30-16-22(28)27(18-10-4-2-5-11-18)19-12-6-3-7-13-19/h2,4-5,8-11,14-15,17,19H,3,6-7,12-13,16H2,1H3. The summed E-state index contributed by atoms with van der Waals surface area (Å²) in [7, 11) is 1.64. The third kappa shape index (κ3) is 4.51. The number of nitrogens with zero attached hydrogens (tertiary/aromatic N) is 4. The lowest BCUT2D eigenvalue weighted by Crippen LogP contribution is -2.42. The van der Waals surface area contributed by atoms with Gasteiger partial charge in [0, 0.05) is 11.7 Å². The Bertz CT molecular complexity index is 970. The lowest BCUT2D eigenvalue weighted by molar-refractivity contribution is -0.116. The van der Waals surface area contributed by atoms with Gasteiger partial charge >= 0.3 is 0 Å². The number of thioether (sulfide) groups is 1. The Morgan fingerprint density at radius 3 is 2.60 bits per heavy atom. The highest BCUT2D eigenvalue weighted by atomic mass is 32.2. The normalized spacial score (nSPS) is 14.4. The molecule has 1 aliphatic rings. The first-order valence-electron chi connectivity index (χ1n) is 10.3. The number of ether oxygens (including phenoxy) is 1. The maximum absolute atomic E-state index is 13.3. The second-order valence-electron chi connectivity index (χ2n) is 7.34. The van der Waals surface area contributed by atoms with Crippen LogP contribution < -0.4 is 9.64 Å². The summed E-state index contributed by atoms with van der Waals surface area (Å²) in [4.78, 5) is 15.3. The van der Waals surface area contributed by atoms with E-state index in [1.807, 2.05) is 64.1 Å². The summed E-state index contributed by atoms with van der Waals surface area (Å²) in [5, 5.41) is 8.96. The van der Waals surface area contributed by atoms with Gasteiger partial charge in [-0.1, -0.05) is 61.4 Å². The zero-order chi connectivity index (χ0) is 20.8. The summed E-state index contributed by atoms with van der Waals surface area (Å²) in [6, 6.07) is 18.0. The number of carbonyl (C=O) groups is 1. The Morgan fingerprint density at radius 1 is 1.10 bits per heavy atom. The van der Waals surface area contributed by atoms with E-state index in [4.69, 9.17) is 4.74 Å². The van der Waals surface area contributed by atoms with E-state index in [0.29, 0.717) is 10.9 Å². The van der Waals surface area contributed by atoms with Gasteiger partial charge in [0.05, 0.1) is 18.6 Å². The Morgan fingerprint density at radius 2 is 1.83 bits per heavy atom. The molecule has 0 unspecified atom stereocenters. The lowest BCUT2D eigenvalue weighted by atomic mass is 9.93. The van der Waals surface area contributed by atoms with Crippen LogP contribution >= 0.6 is 11.8 Å². The summed E-state index contributed by atoms with van der Waals surface area (Å²) in [6.45, 7) is 0. The number of aromatic nitrogens is 3. The molecule has 3 aromatic rings. The number of para-hydroxylation sites is 3. The van der Waals surface area contributed by atoms with Crippen LogP contribution in [0.4, 0.5) is 5.69 Å². The van der Waals surface area contributed by atoms with Crippen LogP contribution in [0, 0.1) is 0 Å². The van der Waals surface area contributed by atoms with E-state index < -0.39 is 0 Å². The van der Waals surface area contributed by atoms with Crippen molar-refractivity contribution in [3.8, 4) is 11.4 Å². The van der Waals surface area contributed by atoms with Crippen LogP contribution in [0.25, 0.3) is 5.69 Å². The molecule has 1 saturated carbocycles. The molecular weight excluding hydrogens is 396 g/mol. The van der Waals surface area contributed by atoms with Crippen molar-refractivity contribution < 1.29 is 9.53 Å². The summed E-state index contributed by atoms with van der Waals surface area (Å²) >= 11 is 1.41. The summed E-state index contributed by atoms with van der Waals surface area (Å²) in [5.74, 6) is 1.14. The number of rotatable bonds is 7. The largest absolute Gasteiger partial charge is 0.495 e. The van der Waals surface area contributed by atoms with Crippen LogP contribution in [-0.2, 0) is 4.79 Å². The Hall–Kier alpha value is -2.80. The van der Waals surface area contributed by atoms with Gasteiger partial charge in [0.1, 0.15) is 12.1 Å². The van der Waals surface area contributed by atoms with Crippen molar-refractivity contribution in [2.45, 2.75) is 43.3 Å². The van der Waals surface area contributed by atoms with Gasteiger partial charge in [0.25, 0.3) is 0 Å². The van der Waals surface area contributed by atoms with Crippen molar-refractivity contribution >= 4 is 23.4 Å². The second kappa shape index (κ2) is 9.80. The summed E-state index contributed by atoms with van der Waals surface area (Å²) in [5.41, 5.74) is 1.83. The first-order valence-corrected chi connectivity index (χ1v) is 11.3. The molecule has 0 atom stereocenters. The maximum atomic E-state index is 13.3. The van der Waals surface area contributed by atoms with Gasteiger partial charge in [-0.3, -0.25) is 9.36 Å². The van der Waals surface area contributed by atoms with Crippen molar-refractivity contribution in [2.24, 2.45) is 0 Å². The molecule has 0 saturated heterocycles. The van der Waals surface area contributed by atoms with Gasteiger partial charge in [-0.2, -0.15) is 0 Å². The smallest absolute Gasteiger partial charge is 0.237 e. The highest BCUT2D eigenvalue weighted by molar-refractivity contribution is 7.99. The molecule has 1 heterocycles. The third-order valence-corrected chi connectivity index (χ3v) is 6.36. The van der Waals surface area contributed by atoms with Crippen LogP contribution in [-0.4, -0.2) is 39.6 Å². The monoisotopic (exact) mass is 422 g/mol. The van der Waals surface area contributed by atoms with E-state index in [0.717, 1.165) is 30.0 Å². The van der Waals surface area contributed by atoms with E-state index in [2.05, 4.69) is 10.2 Å². The van der Waals surface area contributed by atoms with Gasteiger partial charge in [0.2, 0.25) is 5.91 Å². The molecule has 0 bridgehead atoms. The van der Waals surface area contributed by atoms with E-state index in [1.54, 1.807) is 13.4 Å². The molecule has 1 amide bonds. The molecule has 1 aromatic heterocycles. The van der Waals surface area contributed by atoms with Crippen LogP contribution in [0.5, 0.6) is 5.75 Å². The molecule has 1 aliphatic carbocycles. The fourth-order valence-corrected chi connectivity index (χ4v) is 4.78. The van der Waals surface area contributed by atoms with E-state index in [1.165, 1.54) is 31.0 Å². The number of hydrogen-bond acceptors (Lipinski definition) is 5. The zero-order valence-corrected chi connectivity index (χ0v) is 17.9. The molecular formula is C23H26N4O2S. The van der Waals surface area contributed by atoms with Gasteiger partial charge in [-0.25, -0.2) is 0 Å². The average molecular weight is 423 g/mol. The molecule has 0 radical (unpaired) electrons. The second-order valence-corrected chi connectivity index (χ2v) is 8.28. The number of benzene rings is 2. The van der Waals surface area contributed by atoms with Crippen LogP contribution in [0.3, 0.4) is 0 Å². The molecule has 1 fully saturated rings. The minimum atomic E-state index is 0.104. The van der Waals surface area contributed by atoms with Crippen molar-refractivity contribution in [3.05, 3.63) is 60.9 Å². The van der Waals surface area contributed by atoms with E-state index in [9.17, 15) is 4.79 Å². The highest BCUT2D eigenvalue weighted by Crippen LogP contribution is 2.30. The zero-order valence-electron chi connectivity index (χ0n) is 17.1. The first-order chi connectivity index (χ1) is 14.8. The van der Waals surface area contributed by atoms with Gasteiger partial charge in [0.15, 0.2) is 5.16 Å². The maximum Gasteiger partial charge on any atom is 0.237 e. The minimum Gasteiger partial charge on any atom is -0.495 e. The van der Waals surface area contributed by atoms with Crippen molar-refractivity contribution in [3.63, 3.8) is 0 Å². The Kier molecular flexibility index (Phi) is 6.69. The molecule has 30 heavy (non-hydrogen) atoms. The van der Waals surface area contributed by atoms with Gasteiger partial charge in [-0.15, -0.1) is 10.2 Å². The predicted molar refractivity (Wildman–Crippen MR) is 119 cm³/mol.